The van der Waals surface area contributed by atoms with Crippen LogP contribution in [0.4, 0.5) is 22.1 Å². The molecular weight excluding hydrogens is 775 g/mol. The van der Waals surface area contributed by atoms with Crippen molar-refractivity contribution in [2.24, 2.45) is 11.7 Å². The first kappa shape index (κ1) is 39.1. The second kappa shape index (κ2) is 16.1. The van der Waals surface area contributed by atoms with Gasteiger partial charge >= 0.3 is 6.03 Å². The highest BCUT2D eigenvalue weighted by molar-refractivity contribution is 6.10. The highest BCUT2D eigenvalue weighted by Crippen LogP contribution is 2.45. The van der Waals surface area contributed by atoms with Crippen molar-refractivity contribution < 1.29 is 23.7 Å². The summed E-state index contributed by atoms with van der Waals surface area (Å²) in [6.07, 6.45) is 11.5. The van der Waals surface area contributed by atoms with Crippen LogP contribution in [0.1, 0.15) is 103 Å². The number of benzene rings is 2. The highest BCUT2D eigenvalue weighted by Gasteiger charge is 2.37. The lowest BCUT2D eigenvalue weighted by atomic mass is 9.88. The molecule has 0 spiro atoms. The van der Waals surface area contributed by atoms with E-state index in [9.17, 15) is 19.2 Å². The number of nitrogens with zero attached hydrogens (tertiary/aromatic N) is 7. The lowest BCUT2D eigenvalue weighted by molar-refractivity contribution is -0.134. The highest BCUT2D eigenvalue weighted by atomic mass is 16.5. The van der Waals surface area contributed by atoms with Crippen molar-refractivity contribution in [2.45, 2.75) is 81.6 Å². The maximum atomic E-state index is 12.9. The summed E-state index contributed by atoms with van der Waals surface area (Å²) in [6, 6.07) is 12.7. The van der Waals surface area contributed by atoms with Crippen LogP contribution < -0.4 is 21.3 Å². The van der Waals surface area contributed by atoms with Crippen LogP contribution in [0.2, 0.25) is 0 Å². The molecule has 10 rings (SSSR count). The van der Waals surface area contributed by atoms with Crippen molar-refractivity contribution in [3.63, 3.8) is 0 Å². The van der Waals surface area contributed by atoms with Crippen molar-refractivity contribution in [3.8, 4) is 0 Å². The Kier molecular flexibility index (Phi) is 10.3. The number of anilines is 3. The number of aromatic amines is 1. The predicted molar refractivity (Wildman–Crippen MR) is 230 cm³/mol. The molecule has 5 aliphatic rings. The van der Waals surface area contributed by atoms with Crippen LogP contribution in [-0.4, -0.2) is 117 Å². The van der Waals surface area contributed by atoms with Gasteiger partial charge in [-0.1, -0.05) is 12.1 Å². The fraction of sp³-hybridized carbons (Fsp3) is 0.489. The summed E-state index contributed by atoms with van der Waals surface area (Å²) in [4.78, 5) is 72.3. The molecule has 5 fully saturated rings. The monoisotopic (exact) mass is 827 g/mol. The molecule has 4 saturated heterocycles. The van der Waals surface area contributed by atoms with Gasteiger partial charge in [-0.05, 0) is 112 Å². The van der Waals surface area contributed by atoms with Crippen LogP contribution in [0, 0.1) is 5.92 Å². The van der Waals surface area contributed by atoms with E-state index in [1.54, 1.807) is 11.1 Å². The normalized spacial score (nSPS) is 24.3. The molecule has 4 aliphatic heterocycles. The summed E-state index contributed by atoms with van der Waals surface area (Å²) < 4.78 is 6.17. The molecular formula is C45H53N11O5. The third-order valence-corrected chi connectivity index (χ3v) is 14.0. The van der Waals surface area contributed by atoms with Gasteiger partial charge in [-0.2, -0.15) is 0 Å². The molecule has 16 nitrogen and oxygen atoms in total. The minimum atomic E-state index is -0.647. The lowest BCUT2D eigenvalue weighted by Gasteiger charge is -2.37. The van der Waals surface area contributed by atoms with Gasteiger partial charge in [-0.15, -0.1) is 0 Å². The number of nitrogens with two attached hydrogens (primary N) is 1. The number of hydrogen-bond donors (Lipinski definition) is 4. The number of fused-ring (bicyclic) bond motifs is 3. The lowest BCUT2D eigenvalue weighted by Crippen LogP contribution is -2.49. The molecule has 3 aromatic heterocycles. The number of nitrogens with one attached hydrogen (secondary N) is 3. The first-order chi connectivity index (χ1) is 29.7. The van der Waals surface area contributed by atoms with Crippen molar-refractivity contribution in [3.05, 3.63) is 71.3 Å². The Labute approximate surface area is 353 Å². The van der Waals surface area contributed by atoms with Crippen LogP contribution in [0.15, 0.2) is 53.3 Å². The van der Waals surface area contributed by atoms with Crippen molar-refractivity contribution in [1.82, 2.24) is 40.1 Å². The molecule has 5 amide bonds. The second-order valence-corrected chi connectivity index (χ2v) is 17.8. The number of amides is 5. The number of H-pyrrole nitrogens is 1. The van der Waals surface area contributed by atoms with Crippen LogP contribution in [0.5, 0.6) is 0 Å². The molecule has 2 unspecified atom stereocenters. The van der Waals surface area contributed by atoms with E-state index >= 15 is 0 Å². The Hall–Kier alpha value is -6.03. The zero-order chi connectivity index (χ0) is 41.8. The molecule has 5 aromatic rings. The smallest absolute Gasteiger partial charge is 0.320 e. The number of hydrogen-bond acceptors (Lipinski definition) is 11. The van der Waals surface area contributed by atoms with Crippen LogP contribution in [0.3, 0.4) is 0 Å². The largest absolute Gasteiger partial charge is 0.381 e. The van der Waals surface area contributed by atoms with Crippen LogP contribution >= 0.6 is 0 Å². The van der Waals surface area contributed by atoms with Gasteiger partial charge in [0.25, 0.3) is 5.91 Å². The second-order valence-electron chi connectivity index (χ2n) is 17.8. The predicted octanol–water partition coefficient (Wildman–Crippen LogP) is 5.56. The summed E-state index contributed by atoms with van der Waals surface area (Å²) in [5.41, 5.74) is 11.5. The first-order valence-electron chi connectivity index (χ1n) is 21.9. The van der Waals surface area contributed by atoms with E-state index in [-0.39, 0.29) is 29.6 Å². The molecule has 16 heteroatoms. The van der Waals surface area contributed by atoms with Crippen LogP contribution in [-0.2, 0) is 9.59 Å². The number of piperidine rings is 3. The van der Waals surface area contributed by atoms with Crippen molar-refractivity contribution in [2.75, 3.05) is 63.1 Å². The molecule has 2 aromatic carbocycles. The maximum Gasteiger partial charge on any atom is 0.320 e. The van der Waals surface area contributed by atoms with E-state index in [2.05, 4.69) is 53.8 Å². The van der Waals surface area contributed by atoms with E-state index < -0.39 is 11.8 Å². The number of urea groups is 1. The Bertz CT molecular complexity index is 2490. The molecule has 0 radical (unpaired) electrons. The molecule has 61 heavy (non-hydrogen) atoms. The SMILES string of the molecule is CN1CCN([C@@H]2CCCN(c3cnc(C(N)=O)c(Nc4ccc(C5CCN(C[C@H]6CCC(c7cc8nccc8c8c(C9CCC(=O)NC9=O)[nH]oc78)C6)CC5)cc4)n3)C2)C1=O. The summed E-state index contributed by atoms with van der Waals surface area (Å²) in [5.74, 6) is 0.735. The van der Waals surface area contributed by atoms with Crippen LogP contribution in [0.25, 0.3) is 21.9 Å². The number of likely N-dealkylation sites (tertiary alicyclic amines) is 1. The summed E-state index contributed by atoms with van der Waals surface area (Å²) in [6.45, 7) is 6.09. The summed E-state index contributed by atoms with van der Waals surface area (Å²) in [5, 5.41) is 10.8. The third-order valence-electron chi connectivity index (χ3n) is 14.0. The van der Waals surface area contributed by atoms with E-state index in [4.69, 9.17) is 15.2 Å². The van der Waals surface area contributed by atoms with Gasteiger partial charge in [0.05, 0.1) is 34.8 Å². The molecule has 1 saturated carbocycles. The number of likely N-dealkylation sites (N-methyl/N-ethyl adjacent to an activating group) is 1. The summed E-state index contributed by atoms with van der Waals surface area (Å²) in [7, 11) is 1.84. The average molecular weight is 828 g/mol. The number of imide groups is 1. The zero-order valence-electron chi connectivity index (χ0n) is 34.6. The minimum Gasteiger partial charge on any atom is -0.381 e. The molecule has 4 atom stereocenters. The maximum absolute atomic E-state index is 12.9. The van der Waals surface area contributed by atoms with E-state index in [1.807, 2.05) is 36.3 Å². The Morgan fingerprint density at radius 2 is 1.79 bits per heavy atom. The fourth-order valence-corrected chi connectivity index (χ4v) is 10.7. The third kappa shape index (κ3) is 7.55. The summed E-state index contributed by atoms with van der Waals surface area (Å²) >= 11 is 0. The minimum absolute atomic E-state index is 0.0695. The van der Waals surface area contributed by atoms with Crippen molar-refractivity contribution >= 4 is 62.9 Å². The number of rotatable bonds is 10. The molecule has 0 bridgehead atoms. The Morgan fingerprint density at radius 1 is 0.951 bits per heavy atom. The van der Waals surface area contributed by atoms with Gasteiger partial charge < -0.3 is 35.2 Å². The quantitative estimate of drug-likeness (QED) is 0.129. The van der Waals surface area contributed by atoms with E-state index in [0.29, 0.717) is 48.8 Å². The van der Waals surface area contributed by atoms with Gasteiger partial charge in [0.2, 0.25) is 11.8 Å². The Morgan fingerprint density at radius 3 is 2.56 bits per heavy atom. The van der Waals surface area contributed by atoms with E-state index in [1.165, 1.54) is 5.56 Å². The van der Waals surface area contributed by atoms with Gasteiger partial charge in [0.1, 0.15) is 5.82 Å². The van der Waals surface area contributed by atoms with Crippen molar-refractivity contribution in [1.29, 1.82) is 0 Å². The molecule has 318 valence electrons. The average Bonchev–Trinajstić information content (AvgIpc) is 4.09. The number of carbonyl (C=O) groups is 4. The number of carbonyl (C=O) groups excluding carboxylic acids is 4. The Balaban J connectivity index is 0.754. The van der Waals surface area contributed by atoms with Gasteiger partial charge in [0.15, 0.2) is 17.1 Å². The molecule has 1 aliphatic carbocycles. The fourth-order valence-electron chi connectivity index (χ4n) is 10.7. The standard InChI is InChI=1S/C45H53N11O5/c1-53-19-20-56(45(53)60)31-3-2-16-55(25-31)36-23-48-40(42(46)58)43(50-36)49-30-8-6-27(7-9-30)28-13-17-54(18-14-28)24-26-4-5-29(21-26)34-22-35-32(12-15-47-35)38-39(52-61-41(34)38)33-10-11-37(57)51-44(33)59/h6-9,12,15,22-23,26,28-29,31,33,52H,2-5,10-11,13-14,16-21,24-25H2,1H3,(H2,46,58)(H,49,50)(H,51,57,59)/t26-,29?,31+,33?/m0/s1. The van der Waals surface area contributed by atoms with E-state index in [0.717, 1.165) is 123 Å². The van der Waals surface area contributed by atoms with Gasteiger partial charge in [-0.3, -0.25) is 24.7 Å². The number of aromatic nitrogens is 4. The number of primary amides is 1. The van der Waals surface area contributed by atoms with Gasteiger partial charge in [0, 0.05) is 69.0 Å². The van der Waals surface area contributed by atoms with Gasteiger partial charge in [-0.25, -0.2) is 19.9 Å². The molecule has 5 N–H and O–H groups in total. The topological polar surface area (TPSA) is 199 Å². The first-order valence-corrected chi connectivity index (χ1v) is 21.9. The zero-order valence-corrected chi connectivity index (χ0v) is 34.6. The molecule has 7 heterocycles.